The number of Topliss-reactive ketones (excluding diaryl/α,β-unsaturated/α-hetero) is 1. The Bertz CT molecular complexity index is 424. The van der Waals surface area contributed by atoms with E-state index in [0.29, 0.717) is 11.3 Å². The Kier molecular flexibility index (Phi) is 5.88. The maximum atomic E-state index is 11.7. The Morgan fingerprint density at radius 2 is 2.18 bits per heavy atom. The molecule has 0 spiro atoms. The normalized spacial score (nSPS) is 9.29. The molecule has 0 aromatic heterocycles. The minimum Gasteiger partial charge on any atom is -0.497 e. The van der Waals surface area contributed by atoms with Crippen molar-refractivity contribution < 1.29 is 9.53 Å². The molecule has 0 amide bonds. The van der Waals surface area contributed by atoms with Gasteiger partial charge in [-0.25, -0.2) is 0 Å². The molecule has 0 N–H and O–H groups in total. The monoisotopic (exact) mass is 230 g/mol. The highest BCUT2D eigenvalue weighted by atomic mass is 16.5. The molecule has 0 heterocycles. The van der Waals surface area contributed by atoms with Crippen LogP contribution in [-0.2, 0) is 0 Å². The number of hydrogen-bond acceptors (Lipinski definition) is 2. The van der Waals surface area contributed by atoms with Gasteiger partial charge in [-0.05, 0) is 24.5 Å². The SMILES string of the molecule is CCCCCC#CC(=O)c1cccc(OC)c1. The molecule has 0 aliphatic carbocycles. The molecule has 0 fully saturated rings. The first-order chi connectivity index (χ1) is 8.27. The Morgan fingerprint density at radius 3 is 2.88 bits per heavy atom. The van der Waals surface area contributed by atoms with Crippen molar-refractivity contribution >= 4 is 5.78 Å². The molecular formula is C15H18O2. The predicted octanol–water partition coefficient (Wildman–Crippen LogP) is 3.46. The highest BCUT2D eigenvalue weighted by Gasteiger charge is 2.02. The van der Waals surface area contributed by atoms with Gasteiger partial charge >= 0.3 is 0 Å². The lowest BCUT2D eigenvalue weighted by Gasteiger charge is -1.99. The van der Waals surface area contributed by atoms with Gasteiger partial charge in [-0.3, -0.25) is 4.79 Å². The molecule has 17 heavy (non-hydrogen) atoms. The summed E-state index contributed by atoms with van der Waals surface area (Å²) < 4.78 is 5.06. The quantitative estimate of drug-likeness (QED) is 0.335. The molecule has 0 saturated carbocycles. The fourth-order valence-electron chi connectivity index (χ4n) is 1.44. The average Bonchev–Trinajstić information content (AvgIpc) is 2.38. The van der Waals surface area contributed by atoms with Crippen molar-refractivity contribution in [3.05, 3.63) is 29.8 Å². The summed E-state index contributed by atoms with van der Waals surface area (Å²) in [6.45, 7) is 2.15. The van der Waals surface area contributed by atoms with Gasteiger partial charge in [-0.15, -0.1) is 0 Å². The summed E-state index contributed by atoms with van der Waals surface area (Å²) in [5, 5.41) is 0. The van der Waals surface area contributed by atoms with Crippen molar-refractivity contribution in [3.8, 4) is 17.6 Å². The average molecular weight is 230 g/mol. The molecule has 1 rings (SSSR count). The molecule has 90 valence electrons. The second-order valence-electron chi connectivity index (χ2n) is 3.82. The van der Waals surface area contributed by atoms with Gasteiger partial charge in [0, 0.05) is 12.0 Å². The van der Waals surface area contributed by atoms with Crippen molar-refractivity contribution in [2.24, 2.45) is 0 Å². The van der Waals surface area contributed by atoms with E-state index in [-0.39, 0.29) is 5.78 Å². The van der Waals surface area contributed by atoms with Crippen LogP contribution in [-0.4, -0.2) is 12.9 Å². The zero-order valence-corrected chi connectivity index (χ0v) is 10.5. The third-order valence-corrected chi connectivity index (χ3v) is 2.44. The number of ketones is 1. The lowest BCUT2D eigenvalue weighted by Crippen LogP contribution is -1.95. The molecule has 1 aromatic carbocycles. The van der Waals surface area contributed by atoms with Gasteiger partial charge in [0.1, 0.15) is 5.75 Å². The van der Waals surface area contributed by atoms with Crippen LogP contribution < -0.4 is 4.74 Å². The van der Waals surface area contributed by atoms with Crippen LogP contribution in [0.4, 0.5) is 0 Å². The number of hydrogen-bond donors (Lipinski definition) is 0. The zero-order chi connectivity index (χ0) is 12.5. The first kappa shape index (κ1) is 13.3. The number of benzene rings is 1. The van der Waals surface area contributed by atoms with Gasteiger partial charge in [0.15, 0.2) is 0 Å². The molecule has 0 saturated heterocycles. The lowest BCUT2D eigenvalue weighted by molar-refractivity contribution is 0.105. The highest BCUT2D eigenvalue weighted by Crippen LogP contribution is 2.12. The van der Waals surface area contributed by atoms with E-state index in [1.54, 1.807) is 25.3 Å². The Labute approximate surface area is 103 Å². The molecular weight excluding hydrogens is 212 g/mol. The smallest absolute Gasteiger partial charge is 0.236 e. The van der Waals surface area contributed by atoms with E-state index in [1.165, 1.54) is 12.8 Å². The van der Waals surface area contributed by atoms with Crippen molar-refractivity contribution in [1.29, 1.82) is 0 Å². The topological polar surface area (TPSA) is 26.3 Å². The van der Waals surface area contributed by atoms with Crippen LogP contribution >= 0.6 is 0 Å². The van der Waals surface area contributed by atoms with E-state index < -0.39 is 0 Å². The summed E-state index contributed by atoms with van der Waals surface area (Å²) in [5.41, 5.74) is 0.590. The second kappa shape index (κ2) is 7.51. The number of ether oxygens (including phenoxy) is 1. The van der Waals surface area contributed by atoms with Crippen LogP contribution in [0, 0.1) is 11.8 Å². The molecule has 2 heteroatoms. The van der Waals surface area contributed by atoms with E-state index in [4.69, 9.17) is 4.74 Å². The van der Waals surface area contributed by atoms with Crippen LogP contribution in [0.5, 0.6) is 5.75 Å². The van der Waals surface area contributed by atoms with E-state index in [2.05, 4.69) is 18.8 Å². The minimum absolute atomic E-state index is 0.139. The Balaban J connectivity index is 2.56. The van der Waals surface area contributed by atoms with Crippen molar-refractivity contribution in [2.75, 3.05) is 7.11 Å². The van der Waals surface area contributed by atoms with E-state index in [0.717, 1.165) is 12.8 Å². The third-order valence-electron chi connectivity index (χ3n) is 2.44. The fourth-order valence-corrected chi connectivity index (χ4v) is 1.44. The van der Waals surface area contributed by atoms with E-state index >= 15 is 0 Å². The largest absolute Gasteiger partial charge is 0.497 e. The summed E-state index contributed by atoms with van der Waals surface area (Å²) in [6.07, 6.45) is 4.20. The zero-order valence-electron chi connectivity index (χ0n) is 10.5. The van der Waals surface area contributed by atoms with Crippen LogP contribution in [0.15, 0.2) is 24.3 Å². The summed E-state index contributed by atoms with van der Waals surface area (Å²) in [4.78, 5) is 11.7. The van der Waals surface area contributed by atoms with Gasteiger partial charge in [0.2, 0.25) is 5.78 Å². The fraction of sp³-hybridized carbons (Fsp3) is 0.400. The summed E-state index contributed by atoms with van der Waals surface area (Å²) in [7, 11) is 1.58. The van der Waals surface area contributed by atoms with Gasteiger partial charge in [-0.1, -0.05) is 37.8 Å². The van der Waals surface area contributed by atoms with Crippen molar-refractivity contribution in [1.82, 2.24) is 0 Å². The molecule has 1 aromatic rings. The van der Waals surface area contributed by atoms with Crippen LogP contribution in [0.1, 0.15) is 43.0 Å². The number of carbonyl (C=O) groups is 1. The molecule has 2 nitrogen and oxygen atoms in total. The first-order valence-electron chi connectivity index (χ1n) is 5.95. The first-order valence-corrected chi connectivity index (χ1v) is 5.95. The Hall–Kier alpha value is -1.75. The van der Waals surface area contributed by atoms with Crippen molar-refractivity contribution in [2.45, 2.75) is 32.6 Å². The van der Waals surface area contributed by atoms with Crippen LogP contribution in [0.25, 0.3) is 0 Å². The molecule has 0 aliphatic rings. The number of methoxy groups -OCH3 is 1. The van der Waals surface area contributed by atoms with E-state index in [1.807, 2.05) is 6.07 Å². The predicted molar refractivity (Wildman–Crippen MR) is 69.2 cm³/mol. The number of unbranched alkanes of at least 4 members (excludes halogenated alkanes) is 3. The standard InChI is InChI=1S/C15H18O2/c1-3-4-5-6-7-11-15(16)13-9-8-10-14(12-13)17-2/h8-10,12H,3-6H2,1-2H3. The van der Waals surface area contributed by atoms with Gasteiger partial charge < -0.3 is 4.74 Å². The lowest BCUT2D eigenvalue weighted by atomic mass is 10.1. The summed E-state index contributed by atoms with van der Waals surface area (Å²) in [5.74, 6) is 6.13. The highest BCUT2D eigenvalue weighted by molar-refractivity contribution is 6.09. The number of rotatable bonds is 5. The maximum Gasteiger partial charge on any atom is 0.236 e. The van der Waals surface area contributed by atoms with Crippen LogP contribution in [0.2, 0.25) is 0 Å². The molecule has 0 unspecified atom stereocenters. The van der Waals surface area contributed by atoms with Gasteiger partial charge in [0.25, 0.3) is 0 Å². The summed E-state index contributed by atoms with van der Waals surface area (Å²) >= 11 is 0. The number of carbonyl (C=O) groups excluding carboxylic acids is 1. The van der Waals surface area contributed by atoms with Gasteiger partial charge in [0.05, 0.1) is 7.11 Å². The Morgan fingerprint density at radius 1 is 1.35 bits per heavy atom. The maximum absolute atomic E-state index is 11.7. The third kappa shape index (κ3) is 4.74. The summed E-state index contributed by atoms with van der Waals surface area (Å²) in [6, 6.07) is 7.07. The van der Waals surface area contributed by atoms with Crippen molar-refractivity contribution in [3.63, 3.8) is 0 Å². The minimum atomic E-state index is -0.139. The van der Waals surface area contributed by atoms with Gasteiger partial charge in [-0.2, -0.15) is 0 Å². The molecule has 0 radical (unpaired) electrons. The molecule has 0 bridgehead atoms. The van der Waals surface area contributed by atoms with Crippen LogP contribution in [0.3, 0.4) is 0 Å². The molecule has 0 aliphatic heterocycles. The molecule has 0 atom stereocenters. The van der Waals surface area contributed by atoms with E-state index in [9.17, 15) is 4.79 Å². The second-order valence-corrected chi connectivity index (χ2v) is 3.82.